The van der Waals surface area contributed by atoms with Crippen LogP contribution in [0.25, 0.3) is 6.08 Å². The molecule has 0 aliphatic carbocycles. The summed E-state index contributed by atoms with van der Waals surface area (Å²) in [6, 6.07) is 18.1. The molecule has 2 aromatic carbocycles. The van der Waals surface area contributed by atoms with Gasteiger partial charge in [0.05, 0.1) is 12.7 Å². The number of aromatic nitrogens is 3. The number of amides is 1. The molecule has 0 saturated carbocycles. The Morgan fingerprint density at radius 3 is 2.62 bits per heavy atom. The maximum Gasteiger partial charge on any atom is 0.246 e. The van der Waals surface area contributed by atoms with Crippen LogP contribution in [0.1, 0.15) is 22.4 Å². The average Bonchev–Trinajstić information content (AvgIpc) is 3.09. The lowest BCUT2D eigenvalue weighted by Crippen LogP contribution is -2.24. The van der Waals surface area contributed by atoms with Gasteiger partial charge in [-0.2, -0.15) is 0 Å². The third-order valence-electron chi connectivity index (χ3n) is 4.19. The number of likely N-dealkylation sites (N-methyl/N-ethyl adjacent to an activating group) is 1. The van der Waals surface area contributed by atoms with Crippen LogP contribution in [0, 0.1) is 6.92 Å². The van der Waals surface area contributed by atoms with Gasteiger partial charge in [0.2, 0.25) is 5.91 Å². The highest BCUT2D eigenvalue weighted by Gasteiger charge is 2.08. The van der Waals surface area contributed by atoms with Crippen LogP contribution in [-0.2, 0) is 17.9 Å². The molecule has 1 amide bonds. The number of aryl methyl sites for hydroxylation is 1. The lowest BCUT2D eigenvalue weighted by molar-refractivity contribution is -0.125. The molecule has 0 fully saturated rings. The summed E-state index contributed by atoms with van der Waals surface area (Å²) < 4.78 is 1.76. The van der Waals surface area contributed by atoms with Crippen LogP contribution in [-0.4, -0.2) is 32.8 Å². The first-order valence-electron chi connectivity index (χ1n) is 8.53. The molecule has 0 spiro atoms. The van der Waals surface area contributed by atoms with Crippen molar-refractivity contribution in [3.63, 3.8) is 0 Å². The van der Waals surface area contributed by atoms with E-state index in [0.717, 1.165) is 11.1 Å². The van der Waals surface area contributed by atoms with Crippen molar-refractivity contribution in [3.8, 4) is 0 Å². The lowest BCUT2D eigenvalue weighted by Gasteiger charge is -2.16. The summed E-state index contributed by atoms with van der Waals surface area (Å²) in [6.45, 7) is 3.29. The Balaban J connectivity index is 1.59. The van der Waals surface area contributed by atoms with Crippen molar-refractivity contribution >= 4 is 12.0 Å². The SMILES string of the molecule is Cc1ccccc1CN(C)C(=O)/C=C/c1cn(Cc2ccccc2)nn1. The summed E-state index contributed by atoms with van der Waals surface area (Å²) in [7, 11) is 1.80. The summed E-state index contributed by atoms with van der Waals surface area (Å²) in [5.74, 6) is -0.0640. The van der Waals surface area contributed by atoms with Crippen LogP contribution in [0.2, 0.25) is 0 Å². The molecule has 5 heteroatoms. The zero-order valence-electron chi connectivity index (χ0n) is 15.0. The van der Waals surface area contributed by atoms with Crippen molar-refractivity contribution in [2.24, 2.45) is 0 Å². The molecule has 0 bridgehead atoms. The van der Waals surface area contributed by atoms with Gasteiger partial charge in [0.25, 0.3) is 0 Å². The van der Waals surface area contributed by atoms with E-state index in [1.54, 1.807) is 22.7 Å². The molecule has 0 aliphatic heterocycles. The summed E-state index contributed by atoms with van der Waals surface area (Å²) in [5, 5.41) is 8.20. The van der Waals surface area contributed by atoms with Gasteiger partial charge in [-0.15, -0.1) is 5.10 Å². The van der Waals surface area contributed by atoms with Gasteiger partial charge in [0.15, 0.2) is 0 Å². The van der Waals surface area contributed by atoms with Gasteiger partial charge < -0.3 is 4.90 Å². The second-order valence-corrected chi connectivity index (χ2v) is 6.28. The van der Waals surface area contributed by atoms with E-state index in [2.05, 4.69) is 23.3 Å². The lowest BCUT2D eigenvalue weighted by atomic mass is 10.1. The van der Waals surface area contributed by atoms with Gasteiger partial charge >= 0.3 is 0 Å². The summed E-state index contributed by atoms with van der Waals surface area (Å²) >= 11 is 0. The van der Waals surface area contributed by atoms with E-state index in [1.807, 2.05) is 54.7 Å². The molecule has 0 N–H and O–H groups in total. The van der Waals surface area contributed by atoms with Crippen LogP contribution in [0.3, 0.4) is 0 Å². The monoisotopic (exact) mass is 346 g/mol. The van der Waals surface area contributed by atoms with Gasteiger partial charge in [-0.05, 0) is 29.7 Å². The molecule has 1 heterocycles. The van der Waals surface area contributed by atoms with Gasteiger partial charge in [-0.1, -0.05) is 59.8 Å². The Morgan fingerprint density at radius 2 is 1.85 bits per heavy atom. The molecule has 1 aromatic heterocycles. The van der Waals surface area contributed by atoms with Crippen LogP contribution in [0.4, 0.5) is 0 Å². The number of benzene rings is 2. The molecule has 0 saturated heterocycles. The smallest absolute Gasteiger partial charge is 0.246 e. The Kier molecular flexibility index (Phi) is 5.59. The molecule has 132 valence electrons. The molecule has 0 unspecified atom stereocenters. The highest BCUT2D eigenvalue weighted by Crippen LogP contribution is 2.10. The highest BCUT2D eigenvalue weighted by atomic mass is 16.2. The van der Waals surface area contributed by atoms with Crippen molar-refractivity contribution in [1.29, 1.82) is 0 Å². The summed E-state index contributed by atoms with van der Waals surface area (Å²) in [4.78, 5) is 14.0. The first kappa shape index (κ1) is 17.6. The fraction of sp³-hybridized carbons (Fsp3) is 0.190. The van der Waals surface area contributed by atoms with Gasteiger partial charge in [-0.25, -0.2) is 4.68 Å². The second-order valence-electron chi connectivity index (χ2n) is 6.28. The molecule has 3 aromatic rings. The largest absolute Gasteiger partial charge is 0.338 e. The average molecular weight is 346 g/mol. The molecular formula is C21H22N4O. The first-order valence-corrected chi connectivity index (χ1v) is 8.53. The van der Waals surface area contributed by atoms with Crippen molar-refractivity contribution in [1.82, 2.24) is 19.9 Å². The minimum absolute atomic E-state index is 0.0640. The van der Waals surface area contributed by atoms with E-state index in [-0.39, 0.29) is 5.91 Å². The molecule has 26 heavy (non-hydrogen) atoms. The Labute approximate surface area is 153 Å². The zero-order chi connectivity index (χ0) is 18.4. The number of nitrogens with zero attached hydrogens (tertiary/aromatic N) is 4. The molecule has 0 radical (unpaired) electrons. The third-order valence-corrected chi connectivity index (χ3v) is 4.19. The molecule has 3 rings (SSSR count). The predicted octanol–water partition coefficient (Wildman–Crippen LogP) is 3.31. The van der Waals surface area contributed by atoms with Gasteiger partial charge in [0.1, 0.15) is 5.69 Å². The zero-order valence-corrected chi connectivity index (χ0v) is 15.0. The number of hydrogen-bond acceptors (Lipinski definition) is 3. The summed E-state index contributed by atoms with van der Waals surface area (Å²) in [6.07, 6.45) is 5.07. The maximum atomic E-state index is 12.3. The molecule has 0 atom stereocenters. The van der Waals surface area contributed by atoms with Crippen LogP contribution in [0.15, 0.2) is 66.9 Å². The third kappa shape index (κ3) is 4.66. The number of rotatable bonds is 6. The number of carbonyl (C=O) groups is 1. The van der Waals surface area contributed by atoms with Crippen molar-refractivity contribution in [2.45, 2.75) is 20.0 Å². The first-order chi connectivity index (χ1) is 12.6. The fourth-order valence-corrected chi connectivity index (χ4v) is 2.64. The highest BCUT2D eigenvalue weighted by molar-refractivity contribution is 5.91. The Hall–Kier alpha value is -3.21. The van der Waals surface area contributed by atoms with Crippen molar-refractivity contribution in [3.05, 3.63) is 89.3 Å². The number of hydrogen-bond donors (Lipinski definition) is 0. The Bertz CT molecular complexity index is 899. The summed E-state index contributed by atoms with van der Waals surface area (Å²) in [5.41, 5.74) is 4.14. The minimum atomic E-state index is -0.0640. The molecular weight excluding hydrogens is 324 g/mol. The van der Waals surface area contributed by atoms with Crippen molar-refractivity contribution < 1.29 is 4.79 Å². The van der Waals surface area contributed by atoms with E-state index in [4.69, 9.17) is 0 Å². The van der Waals surface area contributed by atoms with E-state index in [9.17, 15) is 4.79 Å². The standard InChI is InChI=1S/C21H22N4O/c1-17-8-6-7-11-19(17)15-24(2)21(26)13-12-20-16-25(23-22-20)14-18-9-4-3-5-10-18/h3-13,16H,14-15H2,1-2H3/b13-12+. The maximum absolute atomic E-state index is 12.3. The normalized spacial score (nSPS) is 11.0. The predicted molar refractivity (Wildman–Crippen MR) is 102 cm³/mol. The van der Waals surface area contributed by atoms with Crippen LogP contribution < -0.4 is 0 Å². The molecule has 0 aliphatic rings. The molecule has 5 nitrogen and oxygen atoms in total. The number of carbonyl (C=O) groups excluding carboxylic acids is 1. The van der Waals surface area contributed by atoms with E-state index < -0.39 is 0 Å². The van der Waals surface area contributed by atoms with Crippen LogP contribution in [0.5, 0.6) is 0 Å². The van der Waals surface area contributed by atoms with E-state index in [1.165, 1.54) is 11.6 Å². The quantitative estimate of drug-likeness (QED) is 0.644. The van der Waals surface area contributed by atoms with Crippen molar-refractivity contribution in [2.75, 3.05) is 7.05 Å². The van der Waals surface area contributed by atoms with E-state index >= 15 is 0 Å². The van der Waals surface area contributed by atoms with E-state index in [0.29, 0.717) is 18.8 Å². The Morgan fingerprint density at radius 1 is 1.12 bits per heavy atom. The van der Waals surface area contributed by atoms with Crippen LogP contribution >= 0.6 is 0 Å². The minimum Gasteiger partial charge on any atom is -0.338 e. The second kappa shape index (κ2) is 8.25. The topological polar surface area (TPSA) is 51.0 Å². The fourth-order valence-electron chi connectivity index (χ4n) is 2.64. The van der Waals surface area contributed by atoms with Gasteiger partial charge in [-0.3, -0.25) is 4.79 Å². The van der Waals surface area contributed by atoms with Gasteiger partial charge in [0, 0.05) is 19.7 Å².